The molecule has 0 atom stereocenters. The SMILES string of the molecule is CCCCCCOC(=O)CCCC(=O)OCCCC(C)C. The molecule has 0 saturated carbocycles. The molecule has 0 fully saturated rings. The van der Waals surface area contributed by atoms with Crippen LogP contribution in [0.1, 0.15) is 78.6 Å². The maximum atomic E-state index is 11.4. The van der Waals surface area contributed by atoms with Gasteiger partial charge in [0.2, 0.25) is 0 Å². The number of hydrogen-bond acceptors (Lipinski definition) is 4. The molecular weight excluding hydrogens is 268 g/mol. The van der Waals surface area contributed by atoms with Crippen molar-refractivity contribution in [3.63, 3.8) is 0 Å². The normalized spacial score (nSPS) is 10.7. The summed E-state index contributed by atoms with van der Waals surface area (Å²) in [5.74, 6) is 0.212. The van der Waals surface area contributed by atoms with Crippen LogP contribution in [0.2, 0.25) is 0 Å². The van der Waals surface area contributed by atoms with Gasteiger partial charge in [-0.15, -0.1) is 0 Å². The molecule has 0 N–H and O–H groups in total. The molecule has 0 aliphatic rings. The van der Waals surface area contributed by atoms with E-state index in [-0.39, 0.29) is 11.9 Å². The van der Waals surface area contributed by atoms with Crippen LogP contribution in [0.15, 0.2) is 0 Å². The molecule has 0 unspecified atom stereocenters. The highest BCUT2D eigenvalue weighted by Crippen LogP contribution is 2.05. The van der Waals surface area contributed by atoms with E-state index in [1.807, 2.05) is 0 Å². The van der Waals surface area contributed by atoms with Gasteiger partial charge < -0.3 is 9.47 Å². The smallest absolute Gasteiger partial charge is 0.305 e. The van der Waals surface area contributed by atoms with Crippen molar-refractivity contribution >= 4 is 11.9 Å². The first-order valence-corrected chi connectivity index (χ1v) is 8.37. The molecule has 0 aromatic heterocycles. The lowest BCUT2D eigenvalue weighted by atomic mass is 10.1. The summed E-state index contributed by atoms with van der Waals surface area (Å²) >= 11 is 0. The van der Waals surface area contributed by atoms with Gasteiger partial charge in [-0.05, 0) is 31.6 Å². The summed E-state index contributed by atoms with van der Waals surface area (Å²) in [5, 5.41) is 0. The number of unbranched alkanes of at least 4 members (excludes halogenated alkanes) is 3. The van der Waals surface area contributed by atoms with Crippen molar-refractivity contribution in [3.8, 4) is 0 Å². The maximum absolute atomic E-state index is 11.4. The molecule has 0 amide bonds. The van der Waals surface area contributed by atoms with Crippen molar-refractivity contribution in [2.75, 3.05) is 13.2 Å². The van der Waals surface area contributed by atoms with E-state index in [9.17, 15) is 9.59 Å². The van der Waals surface area contributed by atoms with Crippen LogP contribution in [0.5, 0.6) is 0 Å². The Kier molecular flexibility index (Phi) is 13.2. The molecule has 0 saturated heterocycles. The highest BCUT2D eigenvalue weighted by molar-refractivity contribution is 5.72. The van der Waals surface area contributed by atoms with Crippen LogP contribution in [-0.2, 0) is 19.1 Å². The molecular formula is C17H32O4. The number of esters is 2. The third kappa shape index (κ3) is 15.2. The third-order valence-corrected chi connectivity index (χ3v) is 3.21. The van der Waals surface area contributed by atoms with Gasteiger partial charge in [-0.3, -0.25) is 9.59 Å². The van der Waals surface area contributed by atoms with E-state index < -0.39 is 0 Å². The molecule has 0 aliphatic heterocycles. The topological polar surface area (TPSA) is 52.6 Å². The van der Waals surface area contributed by atoms with Crippen molar-refractivity contribution < 1.29 is 19.1 Å². The summed E-state index contributed by atoms with van der Waals surface area (Å²) in [6, 6.07) is 0. The minimum atomic E-state index is -0.213. The number of hydrogen-bond donors (Lipinski definition) is 0. The van der Waals surface area contributed by atoms with Crippen LogP contribution in [0.3, 0.4) is 0 Å². The summed E-state index contributed by atoms with van der Waals surface area (Å²) in [7, 11) is 0. The molecule has 0 rings (SSSR count). The van der Waals surface area contributed by atoms with E-state index >= 15 is 0 Å². The Balaban J connectivity index is 3.38. The van der Waals surface area contributed by atoms with E-state index in [4.69, 9.17) is 9.47 Å². The van der Waals surface area contributed by atoms with Crippen LogP contribution >= 0.6 is 0 Å². The van der Waals surface area contributed by atoms with Crippen LogP contribution in [0, 0.1) is 5.92 Å². The molecule has 0 spiro atoms. The van der Waals surface area contributed by atoms with E-state index in [0.29, 0.717) is 38.4 Å². The quantitative estimate of drug-likeness (QED) is 0.377. The fraction of sp³-hybridized carbons (Fsp3) is 0.882. The maximum Gasteiger partial charge on any atom is 0.305 e. The fourth-order valence-electron chi connectivity index (χ4n) is 1.91. The summed E-state index contributed by atoms with van der Waals surface area (Å²) < 4.78 is 10.2. The average molecular weight is 300 g/mol. The van der Waals surface area contributed by atoms with Gasteiger partial charge in [0.1, 0.15) is 0 Å². The minimum absolute atomic E-state index is 0.209. The summed E-state index contributed by atoms with van der Waals surface area (Å²) in [6.45, 7) is 7.43. The highest BCUT2D eigenvalue weighted by Gasteiger charge is 2.07. The largest absolute Gasteiger partial charge is 0.466 e. The standard InChI is InChI=1S/C17H32O4/c1-4-5-6-7-13-20-16(18)11-8-12-17(19)21-14-9-10-15(2)3/h15H,4-14H2,1-3H3. The summed E-state index contributed by atoms with van der Waals surface area (Å²) in [6.07, 6.45) is 7.47. The van der Waals surface area contributed by atoms with Gasteiger partial charge in [0, 0.05) is 12.8 Å². The first kappa shape index (κ1) is 19.9. The first-order chi connectivity index (χ1) is 10.1. The molecule has 0 aromatic rings. The van der Waals surface area contributed by atoms with E-state index in [1.165, 1.54) is 12.8 Å². The minimum Gasteiger partial charge on any atom is -0.466 e. The van der Waals surface area contributed by atoms with E-state index in [0.717, 1.165) is 25.7 Å². The van der Waals surface area contributed by atoms with E-state index in [2.05, 4.69) is 20.8 Å². The number of rotatable bonds is 13. The number of carbonyl (C=O) groups excluding carboxylic acids is 2. The van der Waals surface area contributed by atoms with Gasteiger partial charge >= 0.3 is 11.9 Å². The monoisotopic (exact) mass is 300 g/mol. The number of ether oxygens (including phenoxy) is 2. The molecule has 0 radical (unpaired) electrons. The van der Waals surface area contributed by atoms with Gasteiger partial charge in [-0.2, -0.15) is 0 Å². The zero-order valence-corrected chi connectivity index (χ0v) is 14.0. The molecule has 4 heteroatoms. The predicted molar refractivity (Wildman–Crippen MR) is 84.0 cm³/mol. The van der Waals surface area contributed by atoms with Crippen LogP contribution in [0.25, 0.3) is 0 Å². The molecule has 124 valence electrons. The lowest BCUT2D eigenvalue weighted by molar-refractivity contribution is -0.145. The number of carbonyl (C=O) groups is 2. The van der Waals surface area contributed by atoms with Gasteiger partial charge in [0.25, 0.3) is 0 Å². The zero-order valence-electron chi connectivity index (χ0n) is 14.0. The van der Waals surface area contributed by atoms with E-state index in [1.54, 1.807) is 0 Å². The van der Waals surface area contributed by atoms with Crippen LogP contribution < -0.4 is 0 Å². The summed E-state index contributed by atoms with van der Waals surface area (Å²) in [5.41, 5.74) is 0. The van der Waals surface area contributed by atoms with Gasteiger partial charge in [-0.25, -0.2) is 0 Å². The van der Waals surface area contributed by atoms with Crippen molar-refractivity contribution in [1.82, 2.24) is 0 Å². The molecule has 0 aliphatic carbocycles. The van der Waals surface area contributed by atoms with Gasteiger partial charge in [0.15, 0.2) is 0 Å². The highest BCUT2D eigenvalue weighted by atomic mass is 16.5. The Bertz CT molecular complexity index is 274. The Morgan fingerprint density at radius 1 is 0.810 bits per heavy atom. The predicted octanol–water partition coefficient (Wildman–Crippen LogP) is 4.26. The molecule has 4 nitrogen and oxygen atoms in total. The van der Waals surface area contributed by atoms with Gasteiger partial charge in [-0.1, -0.05) is 40.0 Å². The molecule has 0 heterocycles. The molecule has 0 aromatic carbocycles. The van der Waals surface area contributed by atoms with Crippen molar-refractivity contribution in [2.24, 2.45) is 5.92 Å². The molecule has 0 bridgehead atoms. The van der Waals surface area contributed by atoms with Crippen LogP contribution in [0.4, 0.5) is 0 Å². The zero-order chi connectivity index (χ0) is 15.9. The summed E-state index contributed by atoms with van der Waals surface area (Å²) in [4.78, 5) is 22.8. The van der Waals surface area contributed by atoms with Crippen molar-refractivity contribution in [1.29, 1.82) is 0 Å². The average Bonchev–Trinajstić information content (AvgIpc) is 2.43. The van der Waals surface area contributed by atoms with Crippen molar-refractivity contribution in [2.45, 2.75) is 78.6 Å². The van der Waals surface area contributed by atoms with Crippen molar-refractivity contribution in [3.05, 3.63) is 0 Å². The van der Waals surface area contributed by atoms with Crippen LogP contribution in [-0.4, -0.2) is 25.2 Å². The second-order valence-electron chi connectivity index (χ2n) is 5.89. The third-order valence-electron chi connectivity index (χ3n) is 3.21. The lowest BCUT2D eigenvalue weighted by Gasteiger charge is -2.07. The first-order valence-electron chi connectivity index (χ1n) is 8.37. The van der Waals surface area contributed by atoms with Gasteiger partial charge in [0.05, 0.1) is 13.2 Å². The Morgan fingerprint density at radius 2 is 1.38 bits per heavy atom. The molecule has 21 heavy (non-hydrogen) atoms. The second-order valence-corrected chi connectivity index (χ2v) is 5.89. The Labute approximate surface area is 129 Å². The lowest BCUT2D eigenvalue weighted by Crippen LogP contribution is -2.09. The Hall–Kier alpha value is -1.06. The Morgan fingerprint density at radius 3 is 1.90 bits per heavy atom. The second kappa shape index (κ2) is 13.9. The fourth-order valence-corrected chi connectivity index (χ4v) is 1.91.